The largest absolute Gasteiger partial charge is 0.365 e. The Labute approximate surface area is 159 Å². The normalized spacial score (nSPS) is 18.1. The minimum absolute atomic E-state index is 0.154. The number of carbonyl (C=O) groups excluding carboxylic acids is 1. The highest BCUT2D eigenvalue weighted by Gasteiger charge is 2.18. The Morgan fingerprint density at radius 3 is 2.70 bits per heavy atom. The average Bonchev–Trinajstić information content (AvgIpc) is 3.12. The maximum absolute atomic E-state index is 12.3. The first-order valence-corrected chi connectivity index (χ1v) is 9.85. The lowest BCUT2D eigenvalue weighted by Crippen LogP contribution is -2.42. The molecule has 3 heterocycles. The van der Waals surface area contributed by atoms with E-state index in [9.17, 15) is 4.79 Å². The first-order valence-electron chi connectivity index (χ1n) is 9.85. The van der Waals surface area contributed by atoms with Crippen LogP contribution in [-0.4, -0.2) is 44.8 Å². The molecule has 144 valence electrons. The molecule has 0 radical (unpaired) electrons. The van der Waals surface area contributed by atoms with Gasteiger partial charge in [-0.25, -0.2) is 9.97 Å². The van der Waals surface area contributed by atoms with Crippen molar-refractivity contribution in [3.05, 3.63) is 36.0 Å². The number of aromatic nitrogens is 4. The van der Waals surface area contributed by atoms with E-state index in [1.54, 1.807) is 6.20 Å². The molecule has 2 aliphatic rings. The van der Waals surface area contributed by atoms with Crippen LogP contribution in [0.25, 0.3) is 0 Å². The highest BCUT2D eigenvalue weighted by Crippen LogP contribution is 2.27. The van der Waals surface area contributed by atoms with Crippen LogP contribution in [0.4, 0.5) is 5.82 Å². The Morgan fingerprint density at radius 1 is 1.15 bits per heavy atom. The second-order valence-corrected chi connectivity index (χ2v) is 7.51. The Morgan fingerprint density at radius 2 is 2.00 bits per heavy atom. The zero-order valence-corrected chi connectivity index (χ0v) is 15.5. The van der Waals surface area contributed by atoms with Gasteiger partial charge in [0.2, 0.25) is 0 Å². The molecular weight excluding hydrogens is 342 g/mol. The fraction of sp³-hybridized carbons (Fsp3) is 0.579. The first kappa shape index (κ1) is 17.9. The summed E-state index contributed by atoms with van der Waals surface area (Å²) in [7, 11) is 0. The summed E-state index contributed by atoms with van der Waals surface area (Å²) in [5.41, 5.74) is 1.47. The van der Waals surface area contributed by atoms with Gasteiger partial charge in [-0.3, -0.25) is 9.48 Å². The van der Waals surface area contributed by atoms with Gasteiger partial charge < -0.3 is 16.0 Å². The van der Waals surface area contributed by atoms with Gasteiger partial charge in [0.1, 0.15) is 11.5 Å². The van der Waals surface area contributed by atoms with Crippen molar-refractivity contribution in [1.82, 2.24) is 30.4 Å². The Kier molecular flexibility index (Phi) is 5.62. The summed E-state index contributed by atoms with van der Waals surface area (Å²) in [6.07, 6.45) is 13.0. The molecular formula is C19H27N7O. The molecule has 3 N–H and O–H groups in total. The number of nitrogens with zero attached hydrogens (tertiary/aromatic N) is 4. The van der Waals surface area contributed by atoms with E-state index >= 15 is 0 Å². The van der Waals surface area contributed by atoms with Gasteiger partial charge in [-0.05, 0) is 44.7 Å². The van der Waals surface area contributed by atoms with E-state index < -0.39 is 0 Å². The molecule has 2 fully saturated rings. The molecule has 1 aliphatic carbocycles. The molecule has 2 aromatic heterocycles. The third-order valence-corrected chi connectivity index (χ3v) is 5.39. The van der Waals surface area contributed by atoms with E-state index in [4.69, 9.17) is 0 Å². The van der Waals surface area contributed by atoms with Gasteiger partial charge in [0.15, 0.2) is 0 Å². The van der Waals surface area contributed by atoms with Crippen LogP contribution < -0.4 is 16.0 Å². The number of rotatable bonds is 7. The predicted octanol–water partition coefficient (Wildman–Crippen LogP) is 1.57. The van der Waals surface area contributed by atoms with Crippen LogP contribution in [0.1, 0.15) is 48.2 Å². The lowest BCUT2D eigenvalue weighted by atomic mass is 9.85. The zero-order chi connectivity index (χ0) is 18.5. The van der Waals surface area contributed by atoms with Crippen molar-refractivity contribution in [2.45, 2.75) is 51.2 Å². The smallest absolute Gasteiger partial charge is 0.271 e. The second kappa shape index (κ2) is 8.47. The average molecular weight is 369 g/mol. The Balaban J connectivity index is 1.25. The quantitative estimate of drug-likeness (QED) is 0.685. The monoisotopic (exact) mass is 369 g/mol. The van der Waals surface area contributed by atoms with E-state index in [2.05, 4.69) is 37.2 Å². The number of hydrogen-bond acceptors (Lipinski definition) is 6. The summed E-state index contributed by atoms with van der Waals surface area (Å²) >= 11 is 0. The molecule has 4 rings (SSSR count). The van der Waals surface area contributed by atoms with Gasteiger partial charge in [0, 0.05) is 30.9 Å². The van der Waals surface area contributed by atoms with Gasteiger partial charge in [0.25, 0.3) is 5.91 Å². The minimum Gasteiger partial charge on any atom is -0.365 e. The van der Waals surface area contributed by atoms with Crippen LogP contribution in [-0.2, 0) is 13.1 Å². The van der Waals surface area contributed by atoms with E-state index in [0.29, 0.717) is 18.1 Å². The third-order valence-electron chi connectivity index (χ3n) is 5.39. The molecule has 8 heteroatoms. The minimum atomic E-state index is -0.154. The van der Waals surface area contributed by atoms with Crippen LogP contribution in [0.3, 0.4) is 0 Å². The molecule has 0 unspecified atom stereocenters. The SMILES string of the molecule is O=C(NC1CCNCC1)c1cnc(NCc2cnn(CC3CCC3)c2)cn1. The third kappa shape index (κ3) is 4.82. The highest BCUT2D eigenvalue weighted by molar-refractivity contribution is 5.92. The number of amides is 1. The van der Waals surface area contributed by atoms with Crippen molar-refractivity contribution in [2.24, 2.45) is 5.92 Å². The van der Waals surface area contributed by atoms with Gasteiger partial charge >= 0.3 is 0 Å². The second-order valence-electron chi connectivity index (χ2n) is 7.51. The topological polar surface area (TPSA) is 96.8 Å². The van der Waals surface area contributed by atoms with Crippen molar-refractivity contribution in [1.29, 1.82) is 0 Å². The summed E-state index contributed by atoms with van der Waals surface area (Å²) < 4.78 is 2.03. The van der Waals surface area contributed by atoms with Gasteiger partial charge in [-0.1, -0.05) is 6.42 Å². The van der Waals surface area contributed by atoms with Crippen molar-refractivity contribution in [3.63, 3.8) is 0 Å². The standard InChI is InChI=1S/C19H27N7O/c27-19(25-16-4-6-20-7-5-16)17-10-23-18(11-21-17)22-8-15-9-24-26(13-15)12-14-2-1-3-14/h9-11,13-14,16,20H,1-8,12H2,(H,22,23)(H,25,27). The Bertz CT molecular complexity index is 748. The van der Waals surface area contributed by atoms with E-state index in [1.165, 1.54) is 25.5 Å². The number of anilines is 1. The van der Waals surface area contributed by atoms with Gasteiger partial charge in [-0.2, -0.15) is 5.10 Å². The van der Waals surface area contributed by atoms with Crippen molar-refractivity contribution in [2.75, 3.05) is 18.4 Å². The summed E-state index contributed by atoms with van der Waals surface area (Å²) in [4.78, 5) is 20.8. The molecule has 0 bridgehead atoms. The zero-order valence-electron chi connectivity index (χ0n) is 15.5. The summed E-state index contributed by atoms with van der Waals surface area (Å²) in [5, 5.41) is 14.0. The number of piperidine rings is 1. The van der Waals surface area contributed by atoms with Crippen molar-refractivity contribution in [3.8, 4) is 0 Å². The lowest BCUT2D eigenvalue weighted by Gasteiger charge is -2.24. The van der Waals surface area contributed by atoms with Gasteiger partial charge in [0.05, 0.1) is 18.6 Å². The number of carbonyl (C=O) groups is 1. The molecule has 1 saturated carbocycles. The summed E-state index contributed by atoms with van der Waals surface area (Å²) in [5.74, 6) is 1.29. The van der Waals surface area contributed by atoms with Crippen LogP contribution in [0, 0.1) is 5.92 Å². The lowest BCUT2D eigenvalue weighted by molar-refractivity contribution is 0.0924. The van der Waals surface area contributed by atoms with E-state index in [0.717, 1.165) is 44.0 Å². The molecule has 1 aliphatic heterocycles. The molecule has 0 spiro atoms. The van der Waals surface area contributed by atoms with Gasteiger partial charge in [-0.15, -0.1) is 0 Å². The van der Waals surface area contributed by atoms with Crippen molar-refractivity contribution >= 4 is 11.7 Å². The van der Waals surface area contributed by atoms with Crippen LogP contribution >= 0.6 is 0 Å². The van der Waals surface area contributed by atoms with Crippen LogP contribution in [0.2, 0.25) is 0 Å². The molecule has 0 atom stereocenters. The molecule has 1 saturated heterocycles. The molecule has 2 aromatic rings. The number of nitrogens with one attached hydrogen (secondary N) is 3. The molecule has 1 amide bonds. The fourth-order valence-electron chi connectivity index (χ4n) is 3.49. The maximum atomic E-state index is 12.3. The number of hydrogen-bond donors (Lipinski definition) is 3. The first-order chi connectivity index (χ1) is 13.3. The molecule has 27 heavy (non-hydrogen) atoms. The van der Waals surface area contributed by atoms with E-state index in [-0.39, 0.29) is 11.9 Å². The molecule has 0 aromatic carbocycles. The Hall–Kier alpha value is -2.48. The van der Waals surface area contributed by atoms with E-state index in [1.807, 2.05) is 10.9 Å². The fourth-order valence-corrected chi connectivity index (χ4v) is 3.49. The molecule has 8 nitrogen and oxygen atoms in total. The van der Waals surface area contributed by atoms with Crippen LogP contribution in [0.5, 0.6) is 0 Å². The highest BCUT2D eigenvalue weighted by atomic mass is 16.1. The summed E-state index contributed by atoms with van der Waals surface area (Å²) in [6.45, 7) is 3.54. The van der Waals surface area contributed by atoms with Crippen molar-refractivity contribution < 1.29 is 4.79 Å². The summed E-state index contributed by atoms with van der Waals surface area (Å²) in [6, 6.07) is 0.217. The van der Waals surface area contributed by atoms with Crippen LogP contribution in [0.15, 0.2) is 24.8 Å². The maximum Gasteiger partial charge on any atom is 0.271 e. The predicted molar refractivity (Wildman–Crippen MR) is 102 cm³/mol.